The summed E-state index contributed by atoms with van der Waals surface area (Å²) in [4.78, 5) is 0. The van der Waals surface area contributed by atoms with Gasteiger partial charge in [0.25, 0.3) is 0 Å². The number of nitrogens with two attached hydrogens (primary N) is 1. The van der Waals surface area contributed by atoms with Crippen molar-refractivity contribution in [1.82, 2.24) is 0 Å². The minimum atomic E-state index is -2.40. The molecule has 0 bridgehead atoms. The minimum Gasteiger partial charge on any atom is -0.372 e. The van der Waals surface area contributed by atoms with E-state index in [9.17, 15) is 4.57 Å². The molecule has 0 amide bonds. The van der Waals surface area contributed by atoms with Crippen molar-refractivity contribution >= 4 is 8.25 Å². The Labute approximate surface area is 97.6 Å². The molecule has 16 heavy (non-hydrogen) atoms. The maximum absolute atomic E-state index is 11.5. The summed E-state index contributed by atoms with van der Waals surface area (Å²) >= 11 is 0. The first-order valence-corrected chi connectivity index (χ1v) is 7.08. The Morgan fingerprint density at radius 1 is 1.56 bits per heavy atom. The fourth-order valence-electron chi connectivity index (χ4n) is 1.80. The molecule has 2 N–H and O–H groups in total. The second kappa shape index (κ2) is 7.41. The van der Waals surface area contributed by atoms with E-state index in [-0.39, 0.29) is 18.3 Å². The molecule has 4 unspecified atom stereocenters. The summed E-state index contributed by atoms with van der Waals surface area (Å²) in [6, 6.07) is 0. The van der Waals surface area contributed by atoms with Gasteiger partial charge in [-0.2, -0.15) is 0 Å². The molecular weight excluding hydrogens is 229 g/mol. The molecule has 1 heterocycles. The molecule has 0 radical (unpaired) electrons. The molecule has 0 spiro atoms. The highest BCUT2D eigenvalue weighted by molar-refractivity contribution is 7.33. The van der Waals surface area contributed by atoms with Crippen LogP contribution in [0, 0.1) is 0 Å². The summed E-state index contributed by atoms with van der Waals surface area (Å²) in [6.45, 7) is 4.97. The summed E-state index contributed by atoms with van der Waals surface area (Å²) in [7, 11) is -2.40. The topological polar surface area (TPSA) is 70.8 Å². The molecule has 1 aliphatic heterocycles. The van der Waals surface area contributed by atoms with E-state index >= 15 is 0 Å². The van der Waals surface area contributed by atoms with Gasteiger partial charge < -0.3 is 19.5 Å². The predicted molar refractivity (Wildman–Crippen MR) is 62.7 cm³/mol. The lowest BCUT2D eigenvalue weighted by atomic mass is 10.1. The lowest BCUT2D eigenvalue weighted by Crippen LogP contribution is -2.21. The Balaban J connectivity index is 2.27. The van der Waals surface area contributed by atoms with E-state index in [0.717, 1.165) is 12.8 Å². The van der Waals surface area contributed by atoms with Crippen LogP contribution in [-0.2, 0) is 18.3 Å². The average Bonchev–Trinajstić information content (AvgIpc) is 2.59. The maximum Gasteiger partial charge on any atom is 0.319 e. The van der Waals surface area contributed by atoms with Gasteiger partial charge in [0.1, 0.15) is 0 Å². The minimum absolute atomic E-state index is 0.0436. The van der Waals surface area contributed by atoms with Crippen molar-refractivity contribution in [3.8, 4) is 0 Å². The van der Waals surface area contributed by atoms with Gasteiger partial charge in [-0.05, 0) is 26.3 Å². The average molecular weight is 251 g/mol. The van der Waals surface area contributed by atoms with E-state index in [1.165, 1.54) is 0 Å². The maximum atomic E-state index is 11.5. The second-order valence-electron chi connectivity index (χ2n) is 4.03. The zero-order valence-electron chi connectivity index (χ0n) is 9.98. The largest absolute Gasteiger partial charge is 0.372 e. The quantitative estimate of drug-likeness (QED) is 0.551. The molecule has 5 nitrogen and oxygen atoms in total. The molecule has 96 valence electrons. The molecular formula is C10H22NO4P. The summed E-state index contributed by atoms with van der Waals surface area (Å²) in [5, 5.41) is 0. The highest BCUT2D eigenvalue weighted by atomic mass is 31.1. The number of hydrogen-bond acceptors (Lipinski definition) is 5. The van der Waals surface area contributed by atoms with Gasteiger partial charge in [0.15, 0.2) is 0 Å². The van der Waals surface area contributed by atoms with Crippen LogP contribution < -0.4 is 5.73 Å². The third-order valence-corrected chi connectivity index (χ3v) is 3.54. The highest BCUT2D eigenvalue weighted by Crippen LogP contribution is 2.34. The summed E-state index contributed by atoms with van der Waals surface area (Å²) in [6.07, 6.45) is 2.48. The van der Waals surface area contributed by atoms with Gasteiger partial charge in [0, 0.05) is 6.42 Å². The molecule has 1 fully saturated rings. The van der Waals surface area contributed by atoms with Gasteiger partial charge >= 0.3 is 8.25 Å². The highest BCUT2D eigenvalue weighted by Gasteiger charge is 2.33. The lowest BCUT2D eigenvalue weighted by Gasteiger charge is -2.16. The van der Waals surface area contributed by atoms with Crippen LogP contribution in [0.5, 0.6) is 0 Å². The molecule has 1 rings (SSSR count). The zero-order chi connectivity index (χ0) is 12.0. The molecule has 6 heteroatoms. The first-order chi connectivity index (χ1) is 7.67. The van der Waals surface area contributed by atoms with Crippen LogP contribution in [0.3, 0.4) is 0 Å². The van der Waals surface area contributed by atoms with Crippen molar-refractivity contribution in [1.29, 1.82) is 0 Å². The number of hydrogen-bond donors (Lipinski definition) is 1. The molecule has 0 aromatic rings. The molecule has 4 atom stereocenters. The summed E-state index contributed by atoms with van der Waals surface area (Å²) in [5.41, 5.74) is 5.31. The lowest BCUT2D eigenvalue weighted by molar-refractivity contribution is 0.0193. The molecule has 1 aliphatic rings. The molecule has 0 saturated carbocycles. The van der Waals surface area contributed by atoms with Crippen molar-refractivity contribution in [2.75, 3.05) is 13.2 Å². The summed E-state index contributed by atoms with van der Waals surface area (Å²) in [5.74, 6) is 0. The van der Waals surface area contributed by atoms with E-state index in [4.69, 9.17) is 19.5 Å². The standard InChI is InChI=1S/C10H22NO4P/c1-3-9-10(7-8(2)14-9)15-16(12)13-6-4-5-11/h8-10,16H,3-7,11H2,1-2H3. The number of ether oxygens (including phenoxy) is 1. The third-order valence-electron chi connectivity index (χ3n) is 2.60. The molecule has 1 saturated heterocycles. The first-order valence-electron chi connectivity index (χ1n) is 5.86. The van der Waals surface area contributed by atoms with Gasteiger partial charge in [-0.15, -0.1) is 0 Å². The van der Waals surface area contributed by atoms with Gasteiger partial charge in [-0.3, -0.25) is 4.57 Å². The van der Waals surface area contributed by atoms with Crippen molar-refractivity contribution < 1.29 is 18.3 Å². The van der Waals surface area contributed by atoms with E-state index in [1.807, 2.05) is 13.8 Å². The van der Waals surface area contributed by atoms with E-state index in [2.05, 4.69) is 0 Å². The van der Waals surface area contributed by atoms with Crippen molar-refractivity contribution in [2.45, 2.75) is 51.4 Å². The molecule has 0 aromatic heterocycles. The van der Waals surface area contributed by atoms with Crippen LogP contribution >= 0.6 is 8.25 Å². The van der Waals surface area contributed by atoms with Crippen molar-refractivity contribution in [3.05, 3.63) is 0 Å². The van der Waals surface area contributed by atoms with Gasteiger partial charge in [-0.1, -0.05) is 6.92 Å². The predicted octanol–water partition coefficient (Wildman–Crippen LogP) is 1.71. The van der Waals surface area contributed by atoms with E-state index < -0.39 is 8.25 Å². The van der Waals surface area contributed by atoms with Crippen LogP contribution in [0.15, 0.2) is 0 Å². The van der Waals surface area contributed by atoms with Gasteiger partial charge in [0.2, 0.25) is 0 Å². The van der Waals surface area contributed by atoms with Crippen LogP contribution in [-0.4, -0.2) is 31.5 Å². The van der Waals surface area contributed by atoms with Crippen LogP contribution in [0.1, 0.15) is 33.1 Å². The smallest absolute Gasteiger partial charge is 0.319 e. The monoisotopic (exact) mass is 251 g/mol. The fourth-order valence-corrected chi connectivity index (χ4v) is 2.67. The Kier molecular flexibility index (Phi) is 6.54. The first kappa shape index (κ1) is 14.1. The van der Waals surface area contributed by atoms with Crippen LogP contribution in [0.25, 0.3) is 0 Å². The molecule has 0 aliphatic carbocycles. The number of rotatable bonds is 7. The van der Waals surface area contributed by atoms with E-state index in [0.29, 0.717) is 19.6 Å². The second-order valence-corrected chi connectivity index (χ2v) is 5.05. The van der Waals surface area contributed by atoms with Gasteiger partial charge in [0.05, 0.1) is 24.9 Å². The Bertz CT molecular complexity index is 227. The Morgan fingerprint density at radius 2 is 2.31 bits per heavy atom. The molecule has 0 aromatic carbocycles. The Hall–Kier alpha value is 0.0700. The van der Waals surface area contributed by atoms with Crippen molar-refractivity contribution in [2.24, 2.45) is 5.73 Å². The SMILES string of the molecule is CCC1OC(C)CC1O[PH](=O)OCCCN. The van der Waals surface area contributed by atoms with Crippen LogP contribution in [0.2, 0.25) is 0 Å². The van der Waals surface area contributed by atoms with Crippen molar-refractivity contribution in [3.63, 3.8) is 0 Å². The Morgan fingerprint density at radius 3 is 2.94 bits per heavy atom. The zero-order valence-corrected chi connectivity index (χ0v) is 11.0. The van der Waals surface area contributed by atoms with Gasteiger partial charge in [-0.25, -0.2) is 0 Å². The van der Waals surface area contributed by atoms with E-state index in [1.54, 1.807) is 0 Å². The van der Waals surface area contributed by atoms with Crippen LogP contribution in [0.4, 0.5) is 0 Å². The fraction of sp³-hybridized carbons (Fsp3) is 1.00. The summed E-state index contributed by atoms with van der Waals surface area (Å²) < 4.78 is 27.6. The third kappa shape index (κ3) is 4.52. The normalized spacial score (nSPS) is 31.8.